The molecule has 5 nitrogen and oxygen atoms in total. The normalized spacial score (nSPS) is 16.7. The largest absolute Gasteiger partial charge is 0.325 e. The van der Waals surface area contributed by atoms with Gasteiger partial charge in [0.2, 0.25) is 0 Å². The van der Waals surface area contributed by atoms with E-state index in [0.717, 1.165) is 11.3 Å². The molecule has 0 N–H and O–H groups in total. The molecule has 21 heavy (non-hydrogen) atoms. The predicted molar refractivity (Wildman–Crippen MR) is 80.4 cm³/mol. The molecule has 0 radical (unpaired) electrons. The molecular formula is C16H21N5. The zero-order valence-corrected chi connectivity index (χ0v) is 12.8. The van der Waals surface area contributed by atoms with Gasteiger partial charge in [-0.15, -0.1) is 0 Å². The van der Waals surface area contributed by atoms with E-state index in [0.29, 0.717) is 12.3 Å². The van der Waals surface area contributed by atoms with Gasteiger partial charge in [0, 0.05) is 17.3 Å². The van der Waals surface area contributed by atoms with Gasteiger partial charge in [0.05, 0.1) is 42.9 Å². The van der Waals surface area contributed by atoms with Crippen LogP contribution in [-0.4, -0.2) is 19.3 Å². The lowest BCUT2D eigenvalue weighted by Gasteiger charge is -2.23. The fraction of sp³-hybridized carbons (Fsp3) is 0.562. The molecular weight excluding hydrogens is 262 g/mol. The van der Waals surface area contributed by atoms with E-state index in [1.165, 1.54) is 12.8 Å². The van der Waals surface area contributed by atoms with Crippen LogP contribution in [0.5, 0.6) is 0 Å². The van der Waals surface area contributed by atoms with E-state index >= 15 is 0 Å². The lowest BCUT2D eigenvalue weighted by atomic mass is 10.1. The van der Waals surface area contributed by atoms with Crippen molar-refractivity contribution in [3.05, 3.63) is 24.9 Å². The standard InChI is InChI=1S/C16H21N5/c1-16(2,3)20-11-18-9-15(20)13-8-19-21(10-13)14(6-7-17)12-4-5-12/h8-12,14H,4-6H2,1-3H3. The topological polar surface area (TPSA) is 59.4 Å². The molecule has 1 atom stereocenters. The van der Waals surface area contributed by atoms with Crippen LogP contribution in [-0.2, 0) is 5.54 Å². The van der Waals surface area contributed by atoms with Crippen LogP contribution in [0.4, 0.5) is 0 Å². The van der Waals surface area contributed by atoms with E-state index in [2.05, 4.69) is 47.7 Å². The van der Waals surface area contributed by atoms with Crippen molar-refractivity contribution in [3.8, 4) is 17.3 Å². The van der Waals surface area contributed by atoms with Crippen LogP contribution in [0.3, 0.4) is 0 Å². The minimum atomic E-state index is -0.0174. The van der Waals surface area contributed by atoms with Crippen LogP contribution in [0.25, 0.3) is 11.3 Å². The van der Waals surface area contributed by atoms with Crippen molar-refractivity contribution in [2.24, 2.45) is 5.92 Å². The Balaban J connectivity index is 1.92. The third-order valence-corrected chi connectivity index (χ3v) is 4.06. The summed E-state index contributed by atoms with van der Waals surface area (Å²) < 4.78 is 4.13. The molecule has 5 heteroatoms. The second-order valence-electron chi connectivity index (χ2n) is 6.80. The fourth-order valence-corrected chi connectivity index (χ4v) is 2.75. The van der Waals surface area contributed by atoms with Crippen LogP contribution in [0.1, 0.15) is 46.1 Å². The van der Waals surface area contributed by atoms with Gasteiger partial charge in [-0.05, 0) is 39.5 Å². The van der Waals surface area contributed by atoms with E-state index in [-0.39, 0.29) is 11.6 Å². The predicted octanol–water partition coefficient (Wildman–Crippen LogP) is 3.37. The molecule has 2 aromatic rings. The van der Waals surface area contributed by atoms with E-state index in [1.54, 1.807) is 0 Å². The maximum Gasteiger partial charge on any atom is 0.0955 e. The van der Waals surface area contributed by atoms with Crippen LogP contribution < -0.4 is 0 Å². The number of imidazole rings is 1. The van der Waals surface area contributed by atoms with Gasteiger partial charge in [0.15, 0.2) is 0 Å². The molecule has 1 fully saturated rings. The summed E-state index contributed by atoms with van der Waals surface area (Å²) in [5.41, 5.74) is 2.11. The summed E-state index contributed by atoms with van der Waals surface area (Å²) in [6.45, 7) is 6.47. The molecule has 0 amide bonds. The van der Waals surface area contributed by atoms with Crippen LogP contribution in [0.15, 0.2) is 24.9 Å². The molecule has 1 saturated carbocycles. The van der Waals surface area contributed by atoms with Crippen LogP contribution >= 0.6 is 0 Å². The molecule has 0 aliphatic heterocycles. The molecule has 110 valence electrons. The lowest BCUT2D eigenvalue weighted by molar-refractivity contribution is 0.400. The van der Waals surface area contributed by atoms with Crippen molar-refractivity contribution in [1.82, 2.24) is 19.3 Å². The quantitative estimate of drug-likeness (QED) is 0.864. The summed E-state index contributed by atoms with van der Waals surface area (Å²) in [6, 6.07) is 2.51. The molecule has 3 rings (SSSR count). The number of hydrogen-bond donors (Lipinski definition) is 0. The Morgan fingerprint density at radius 3 is 2.76 bits per heavy atom. The number of nitrogens with zero attached hydrogens (tertiary/aromatic N) is 5. The lowest BCUT2D eigenvalue weighted by Crippen LogP contribution is -2.21. The summed E-state index contributed by atoms with van der Waals surface area (Å²) in [6.07, 6.45) is 10.6. The number of hydrogen-bond acceptors (Lipinski definition) is 3. The van der Waals surface area contributed by atoms with E-state index < -0.39 is 0 Å². The number of aromatic nitrogens is 4. The summed E-state index contributed by atoms with van der Waals surface area (Å²) in [5, 5.41) is 13.5. The molecule has 0 saturated heterocycles. The smallest absolute Gasteiger partial charge is 0.0955 e. The van der Waals surface area contributed by atoms with E-state index in [1.807, 2.05) is 23.4 Å². The average Bonchev–Trinajstić information content (AvgIpc) is 2.93. The highest BCUT2D eigenvalue weighted by Crippen LogP contribution is 2.41. The minimum absolute atomic E-state index is 0.0174. The molecule has 2 aromatic heterocycles. The molecule has 2 heterocycles. The Hall–Kier alpha value is -2.09. The van der Waals surface area contributed by atoms with E-state index in [9.17, 15) is 0 Å². The van der Waals surface area contributed by atoms with E-state index in [4.69, 9.17) is 5.26 Å². The molecule has 1 unspecified atom stereocenters. The zero-order chi connectivity index (χ0) is 15.0. The molecule has 0 bridgehead atoms. The first-order valence-corrected chi connectivity index (χ1v) is 7.45. The Labute approximate surface area is 125 Å². The Bertz CT molecular complexity index is 663. The SMILES string of the molecule is CC(C)(C)n1cncc1-c1cnn(C(CC#N)C2CC2)c1. The Morgan fingerprint density at radius 2 is 2.14 bits per heavy atom. The van der Waals surface area contributed by atoms with Crippen molar-refractivity contribution in [2.75, 3.05) is 0 Å². The number of rotatable bonds is 4. The average molecular weight is 283 g/mol. The Morgan fingerprint density at radius 1 is 1.38 bits per heavy atom. The third kappa shape index (κ3) is 2.71. The van der Waals surface area contributed by atoms with Crippen LogP contribution in [0.2, 0.25) is 0 Å². The zero-order valence-electron chi connectivity index (χ0n) is 12.8. The van der Waals surface area contributed by atoms with Crippen molar-refractivity contribution in [2.45, 2.75) is 51.6 Å². The first kappa shape index (κ1) is 13.9. The van der Waals surface area contributed by atoms with Crippen molar-refractivity contribution in [3.63, 3.8) is 0 Å². The molecule has 1 aliphatic carbocycles. The van der Waals surface area contributed by atoms with Gasteiger partial charge < -0.3 is 4.57 Å². The molecule has 0 aromatic carbocycles. The van der Waals surface area contributed by atoms with Crippen molar-refractivity contribution >= 4 is 0 Å². The first-order chi connectivity index (χ1) is 10.0. The van der Waals surface area contributed by atoms with Crippen molar-refractivity contribution in [1.29, 1.82) is 5.26 Å². The summed E-state index contributed by atoms with van der Waals surface area (Å²) >= 11 is 0. The molecule has 0 spiro atoms. The van der Waals surface area contributed by atoms with Gasteiger partial charge in [-0.1, -0.05) is 0 Å². The summed E-state index contributed by atoms with van der Waals surface area (Å²) in [7, 11) is 0. The molecule has 1 aliphatic rings. The first-order valence-electron chi connectivity index (χ1n) is 7.45. The highest BCUT2D eigenvalue weighted by molar-refractivity contribution is 5.57. The summed E-state index contributed by atoms with van der Waals surface area (Å²) in [4.78, 5) is 4.28. The van der Waals surface area contributed by atoms with Gasteiger partial charge in [0.1, 0.15) is 0 Å². The maximum atomic E-state index is 9.01. The van der Waals surface area contributed by atoms with Crippen molar-refractivity contribution < 1.29 is 0 Å². The highest BCUT2D eigenvalue weighted by atomic mass is 15.3. The second-order valence-corrected chi connectivity index (χ2v) is 6.80. The Kier molecular flexibility index (Phi) is 3.32. The second kappa shape index (κ2) is 5.03. The van der Waals surface area contributed by atoms with Gasteiger partial charge >= 0.3 is 0 Å². The fourth-order valence-electron chi connectivity index (χ4n) is 2.75. The minimum Gasteiger partial charge on any atom is -0.325 e. The maximum absolute atomic E-state index is 9.01. The monoisotopic (exact) mass is 283 g/mol. The highest BCUT2D eigenvalue weighted by Gasteiger charge is 2.33. The van der Waals surface area contributed by atoms with Gasteiger partial charge in [0.25, 0.3) is 0 Å². The number of nitriles is 1. The van der Waals surface area contributed by atoms with Gasteiger partial charge in [-0.25, -0.2) is 4.98 Å². The van der Waals surface area contributed by atoms with Gasteiger partial charge in [-0.2, -0.15) is 10.4 Å². The van der Waals surface area contributed by atoms with Gasteiger partial charge in [-0.3, -0.25) is 4.68 Å². The third-order valence-electron chi connectivity index (χ3n) is 4.06. The summed E-state index contributed by atoms with van der Waals surface area (Å²) in [5.74, 6) is 0.616. The van der Waals surface area contributed by atoms with Crippen LogP contribution in [0, 0.1) is 17.2 Å².